The van der Waals surface area contributed by atoms with E-state index < -0.39 is 5.91 Å². The fourth-order valence-electron chi connectivity index (χ4n) is 5.25. The first kappa shape index (κ1) is 28.2. The van der Waals surface area contributed by atoms with Gasteiger partial charge in [0, 0.05) is 49.4 Å². The van der Waals surface area contributed by atoms with Crippen molar-refractivity contribution < 1.29 is 14.3 Å². The van der Waals surface area contributed by atoms with Crippen molar-refractivity contribution in [3.63, 3.8) is 0 Å². The number of pyridine rings is 1. The highest BCUT2D eigenvalue weighted by Crippen LogP contribution is 2.39. The van der Waals surface area contributed by atoms with E-state index in [0.29, 0.717) is 22.8 Å². The normalized spacial score (nSPS) is 18.0. The number of para-hydroxylation sites is 1. The summed E-state index contributed by atoms with van der Waals surface area (Å²) in [5.74, 6) is 0.248. The first-order chi connectivity index (χ1) is 20.8. The number of nitrogens with one attached hydrogen (secondary N) is 3. The van der Waals surface area contributed by atoms with Gasteiger partial charge in [-0.25, -0.2) is 4.68 Å². The summed E-state index contributed by atoms with van der Waals surface area (Å²) >= 11 is 0. The lowest BCUT2D eigenvalue weighted by atomic mass is 9.98. The maximum absolute atomic E-state index is 12.6. The Hall–Kier alpha value is -4.91. The summed E-state index contributed by atoms with van der Waals surface area (Å²) in [4.78, 5) is 31.9. The molecule has 2 fully saturated rings. The lowest BCUT2D eigenvalue weighted by Crippen LogP contribution is -2.54. The molecular weight excluding hydrogens is 548 g/mol. The number of aromatic nitrogens is 6. The van der Waals surface area contributed by atoms with Crippen molar-refractivity contribution >= 4 is 29.0 Å². The number of amides is 2. The molecule has 1 aliphatic heterocycles. The van der Waals surface area contributed by atoms with Gasteiger partial charge >= 0.3 is 0 Å². The number of likely N-dealkylation sites (tertiary alicyclic amines) is 1. The Morgan fingerprint density at radius 1 is 1.07 bits per heavy atom. The molecule has 2 aliphatic rings. The van der Waals surface area contributed by atoms with Gasteiger partial charge in [-0.2, -0.15) is 0 Å². The molecule has 0 unspecified atom stereocenters. The second kappa shape index (κ2) is 11.8. The van der Waals surface area contributed by atoms with Crippen LogP contribution in [0.5, 0.6) is 5.75 Å². The molecule has 222 valence electrons. The number of anilines is 3. The molecule has 1 aliphatic carbocycles. The van der Waals surface area contributed by atoms with Crippen molar-refractivity contribution in [2.24, 2.45) is 5.92 Å². The smallest absolute Gasteiger partial charge is 0.273 e. The first-order valence-electron chi connectivity index (χ1n) is 14.3. The average Bonchev–Trinajstić information content (AvgIpc) is 3.76. The first-order valence-corrected chi connectivity index (χ1v) is 14.3. The van der Waals surface area contributed by atoms with Crippen LogP contribution in [0.1, 0.15) is 47.7 Å². The maximum atomic E-state index is 12.6. The molecule has 0 bridgehead atoms. The predicted octanol–water partition coefficient (Wildman–Crippen LogP) is 3.34. The molecule has 1 aromatic carbocycles. The van der Waals surface area contributed by atoms with Gasteiger partial charge in [0.1, 0.15) is 5.69 Å². The molecule has 2 amide bonds. The highest BCUT2D eigenvalue weighted by molar-refractivity contribution is 6.00. The van der Waals surface area contributed by atoms with Crippen LogP contribution < -0.4 is 20.7 Å². The SMILES string of the molecule is CNC(=O)c1nnc(NC(=O)C2CC2)cc1Nc1cccc(-c2cn([C@@H]3CN(Cc4cccc(C)n4)[C@H]3C)nn2)c1OC. The standard InChI is InChI=1S/C30H34N10O3/c1-17-7-5-8-20(32-17)14-39-16-25(18(39)2)40-15-24(35-38-40)21-9-6-10-22(28(21)43-4)33-23-13-26(34-29(41)19-11-12-19)36-37-27(23)30(42)31-3/h5-10,13,15,18-19,25H,11-12,14,16H2,1-4H3,(H,31,42)(H2,33,34,36,41)/t18-,25+/m0/s1. The summed E-state index contributed by atoms with van der Waals surface area (Å²) in [5, 5.41) is 25.7. The van der Waals surface area contributed by atoms with E-state index in [9.17, 15) is 9.59 Å². The second-order valence-corrected chi connectivity index (χ2v) is 10.9. The van der Waals surface area contributed by atoms with Gasteiger partial charge in [-0.15, -0.1) is 15.3 Å². The van der Waals surface area contributed by atoms with Crippen LogP contribution in [0.3, 0.4) is 0 Å². The number of carbonyl (C=O) groups excluding carboxylic acids is 2. The third-order valence-electron chi connectivity index (χ3n) is 7.92. The number of rotatable bonds is 10. The molecule has 4 heterocycles. The molecule has 3 N–H and O–H groups in total. The van der Waals surface area contributed by atoms with Crippen molar-refractivity contribution in [1.82, 2.24) is 40.4 Å². The predicted molar refractivity (Wildman–Crippen MR) is 160 cm³/mol. The second-order valence-electron chi connectivity index (χ2n) is 10.9. The zero-order chi connectivity index (χ0) is 30.1. The summed E-state index contributed by atoms with van der Waals surface area (Å²) in [5.41, 5.74) is 4.49. The average molecular weight is 583 g/mol. The summed E-state index contributed by atoms with van der Waals surface area (Å²) in [6.45, 7) is 5.82. The van der Waals surface area contributed by atoms with E-state index in [1.165, 1.54) is 7.05 Å². The Balaban J connectivity index is 1.22. The molecule has 13 nitrogen and oxygen atoms in total. The van der Waals surface area contributed by atoms with Crippen LogP contribution in [0, 0.1) is 12.8 Å². The van der Waals surface area contributed by atoms with Gasteiger partial charge in [0.25, 0.3) is 5.91 Å². The number of methoxy groups -OCH3 is 1. The van der Waals surface area contributed by atoms with Crippen molar-refractivity contribution in [3.05, 3.63) is 65.7 Å². The van der Waals surface area contributed by atoms with E-state index >= 15 is 0 Å². The molecule has 4 aromatic rings. The number of ether oxygens (including phenoxy) is 1. The van der Waals surface area contributed by atoms with Gasteiger partial charge in [-0.05, 0) is 51.0 Å². The fraction of sp³-hybridized carbons (Fsp3) is 0.367. The van der Waals surface area contributed by atoms with E-state index in [-0.39, 0.29) is 35.4 Å². The minimum Gasteiger partial charge on any atom is -0.494 e. The molecule has 1 saturated carbocycles. The minimum absolute atomic E-state index is 0.00171. The van der Waals surface area contributed by atoms with Crippen molar-refractivity contribution in [2.45, 2.75) is 45.3 Å². The summed E-state index contributed by atoms with van der Waals surface area (Å²) in [6.07, 6.45) is 3.65. The zero-order valence-electron chi connectivity index (χ0n) is 24.5. The van der Waals surface area contributed by atoms with Crippen LogP contribution >= 0.6 is 0 Å². The van der Waals surface area contributed by atoms with E-state index in [2.05, 4.69) is 59.3 Å². The lowest BCUT2D eigenvalue weighted by Gasteiger charge is -2.45. The number of benzene rings is 1. The Bertz CT molecular complexity index is 1670. The number of nitrogens with zero attached hydrogens (tertiary/aromatic N) is 7. The molecule has 43 heavy (non-hydrogen) atoms. The maximum Gasteiger partial charge on any atom is 0.273 e. The highest BCUT2D eigenvalue weighted by atomic mass is 16.5. The van der Waals surface area contributed by atoms with Crippen LogP contribution in [0.15, 0.2) is 48.7 Å². The quantitative estimate of drug-likeness (QED) is 0.254. The number of hydrogen-bond donors (Lipinski definition) is 3. The third-order valence-corrected chi connectivity index (χ3v) is 7.92. The van der Waals surface area contributed by atoms with E-state index in [1.807, 2.05) is 48.1 Å². The Labute approximate surface area is 249 Å². The number of carbonyl (C=O) groups is 2. The summed E-state index contributed by atoms with van der Waals surface area (Å²) in [6, 6.07) is 13.7. The van der Waals surface area contributed by atoms with Gasteiger partial charge in [-0.3, -0.25) is 19.5 Å². The van der Waals surface area contributed by atoms with Crippen LogP contribution in [0.4, 0.5) is 17.2 Å². The number of hydrogen-bond acceptors (Lipinski definition) is 10. The van der Waals surface area contributed by atoms with E-state index in [4.69, 9.17) is 4.74 Å². The zero-order valence-corrected chi connectivity index (χ0v) is 24.5. The monoisotopic (exact) mass is 582 g/mol. The molecular formula is C30H34N10O3. The van der Waals surface area contributed by atoms with Gasteiger partial charge in [-0.1, -0.05) is 17.3 Å². The Kier molecular flexibility index (Phi) is 7.72. The van der Waals surface area contributed by atoms with Crippen LogP contribution in [-0.2, 0) is 11.3 Å². The van der Waals surface area contributed by atoms with E-state index in [0.717, 1.165) is 42.9 Å². The summed E-state index contributed by atoms with van der Waals surface area (Å²) in [7, 11) is 3.09. The van der Waals surface area contributed by atoms with Crippen LogP contribution in [-0.4, -0.2) is 73.6 Å². The van der Waals surface area contributed by atoms with Crippen LogP contribution in [0.2, 0.25) is 0 Å². The van der Waals surface area contributed by atoms with Crippen molar-refractivity contribution in [3.8, 4) is 17.0 Å². The molecule has 0 spiro atoms. The lowest BCUT2D eigenvalue weighted by molar-refractivity contribution is -0.117. The third kappa shape index (κ3) is 5.89. The van der Waals surface area contributed by atoms with Crippen molar-refractivity contribution in [2.75, 3.05) is 31.3 Å². The van der Waals surface area contributed by atoms with Gasteiger partial charge in [0.05, 0.1) is 36.4 Å². The van der Waals surface area contributed by atoms with Gasteiger partial charge in [0.15, 0.2) is 17.3 Å². The molecule has 13 heteroatoms. The number of aryl methyl sites for hydroxylation is 1. The highest BCUT2D eigenvalue weighted by Gasteiger charge is 2.38. The van der Waals surface area contributed by atoms with Crippen LogP contribution in [0.25, 0.3) is 11.3 Å². The van der Waals surface area contributed by atoms with Gasteiger partial charge in [0.2, 0.25) is 5.91 Å². The minimum atomic E-state index is -0.421. The largest absolute Gasteiger partial charge is 0.494 e. The molecule has 2 atom stereocenters. The van der Waals surface area contributed by atoms with E-state index in [1.54, 1.807) is 13.2 Å². The molecule has 0 radical (unpaired) electrons. The molecule has 3 aromatic heterocycles. The Morgan fingerprint density at radius 2 is 1.88 bits per heavy atom. The summed E-state index contributed by atoms with van der Waals surface area (Å²) < 4.78 is 7.74. The Morgan fingerprint density at radius 3 is 2.60 bits per heavy atom. The fourth-order valence-corrected chi connectivity index (χ4v) is 5.25. The molecule has 6 rings (SSSR count). The topological polar surface area (TPSA) is 152 Å². The van der Waals surface area contributed by atoms with Gasteiger partial charge < -0.3 is 20.7 Å². The van der Waals surface area contributed by atoms with Crippen molar-refractivity contribution in [1.29, 1.82) is 0 Å². The molecule has 1 saturated heterocycles.